The zero-order valence-electron chi connectivity index (χ0n) is 16.1. The number of carbonyl (C=O) groups excluding carboxylic acids is 2. The number of fused-ring (bicyclic) bond motifs is 1. The van der Waals surface area contributed by atoms with Crippen molar-refractivity contribution < 1.29 is 14.3 Å². The Morgan fingerprint density at radius 1 is 1.37 bits per heavy atom. The standard InChI is InChI=1S/C20H26N4O3/c1-20(2,3)27-19(26)23(12-10-21)14-16(13-22)18(25)24-11-6-8-15-7-4-5-9-17(15)24/h4-5,7,9,14H,6,8,10-12,21H2,1-3H3/b16-14-. The van der Waals surface area contributed by atoms with Crippen molar-refractivity contribution >= 4 is 17.7 Å². The lowest BCUT2D eigenvalue weighted by Crippen LogP contribution is -2.39. The van der Waals surface area contributed by atoms with Gasteiger partial charge in [0.1, 0.15) is 17.2 Å². The van der Waals surface area contributed by atoms with Gasteiger partial charge >= 0.3 is 6.09 Å². The molecular formula is C20H26N4O3. The zero-order chi connectivity index (χ0) is 20.0. The van der Waals surface area contributed by atoms with E-state index >= 15 is 0 Å². The summed E-state index contributed by atoms with van der Waals surface area (Å²) < 4.78 is 5.33. The number of anilines is 1. The van der Waals surface area contributed by atoms with Crippen molar-refractivity contribution in [2.24, 2.45) is 5.73 Å². The van der Waals surface area contributed by atoms with Gasteiger partial charge in [-0.25, -0.2) is 4.79 Å². The summed E-state index contributed by atoms with van der Waals surface area (Å²) in [5.74, 6) is -0.435. The van der Waals surface area contributed by atoms with Gasteiger partial charge in [0.05, 0.1) is 0 Å². The summed E-state index contributed by atoms with van der Waals surface area (Å²) in [6.45, 7) is 6.08. The normalized spacial score (nSPS) is 14.2. The van der Waals surface area contributed by atoms with Crippen LogP contribution in [0.25, 0.3) is 0 Å². The van der Waals surface area contributed by atoms with E-state index in [1.807, 2.05) is 30.3 Å². The van der Waals surface area contributed by atoms with E-state index in [1.54, 1.807) is 25.7 Å². The Morgan fingerprint density at radius 3 is 2.70 bits per heavy atom. The number of aryl methyl sites for hydroxylation is 1. The lowest BCUT2D eigenvalue weighted by molar-refractivity contribution is -0.114. The van der Waals surface area contributed by atoms with Crippen LogP contribution in [0.1, 0.15) is 32.8 Å². The molecule has 2 N–H and O–H groups in total. The van der Waals surface area contributed by atoms with Crippen LogP contribution in [-0.4, -0.2) is 42.1 Å². The van der Waals surface area contributed by atoms with Crippen molar-refractivity contribution in [1.82, 2.24) is 4.90 Å². The van der Waals surface area contributed by atoms with Crippen LogP contribution in [0.2, 0.25) is 0 Å². The summed E-state index contributed by atoms with van der Waals surface area (Å²) in [7, 11) is 0. The fourth-order valence-corrected chi connectivity index (χ4v) is 2.85. The van der Waals surface area contributed by atoms with E-state index in [-0.39, 0.29) is 18.7 Å². The number of carbonyl (C=O) groups is 2. The minimum atomic E-state index is -0.694. The second-order valence-corrected chi connectivity index (χ2v) is 7.31. The topological polar surface area (TPSA) is 99.7 Å². The van der Waals surface area contributed by atoms with Crippen LogP contribution in [0.5, 0.6) is 0 Å². The molecule has 7 nitrogen and oxygen atoms in total. The van der Waals surface area contributed by atoms with Gasteiger partial charge in [-0.1, -0.05) is 18.2 Å². The number of para-hydroxylation sites is 1. The van der Waals surface area contributed by atoms with Crippen LogP contribution in [0.4, 0.5) is 10.5 Å². The fraction of sp³-hybridized carbons (Fsp3) is 0.450. The summed E-state index contributed by atoms with van der Waals surface area (Å²) in [5.41, 5.74) is 6.62. The molecule has 0 fully saturated rings. The third-order valence-corrected chi connectivity index (χ3v) is 3.99. The highest BCUT2D eigenvalue weighted by Crippen LogP contribution is 2.28. The molecule has 27 heavy (non-hydrogen) atoms. The van der Waals surface area contributed by atoms with Gasteiger partial charge in [-0.05, 0) is 45.2 Å². The number of benzene rings is 1. The first-order valence-corrected chi connectivity index (χ1v) is 8.98. The predicted octanol–water partition coefficient (Wildman–Crippen LogP) is 2.57. The number of nitrogens with zero attached hydrogens (tertiary/aromatic N) is 3. The second-order valence-electron chi connectivity index (χ2n) is 7.31. The molecule has 2 rings (SSSR count). The second kappa shape index (κ2) is 8.69. The number of nitriles is 1. The van der Waals surface area contributed by atoms with Gasteiger partial charge in [0.2, 0.25) is 0 Å². The van der Waals surface area contributed by atoms with Crippen molar-refractivity contribution in [2.45, 2.75) is 39.2 Å². The maximum Gasteiger partial charge on any atom is 0.414 e. The molecule has 7 heteroatoms. The Morgan fingerprint density at radius 2 is 2.07 bits per heavy atom. The van der Waals surface area contributed by atoms with E-state index in [0.29, 0.717) is 6.54 Å². The van der Waals surface area contributed by atoms with Crippen LogP contribution in [0.15, 0.2) is 36.0 Å². The Balaban J connectivity index is 2.29. The Hall–Kier alpha value is -2.85. The lowest BCUT2D eigenvalue weighted by Gasteiger charge is -2.30. The lowest BCUT2D eigenvalue weighted by atomic mass is 10.0. The summed E-state index contributed by atoms with van der Waals surface area (Å²) in [4.78, 5) is 28.1. The van der Waals surface area contributed by atoms with E-state index in [4.69, 9.17) is 10.5 Å². The fourth-order valence-electron chi connectivity index (χ4n) is 2.85. The highest BCUT2D eigenvalue weighted by atomic mass is 16.6. The number of rotatable bonds is 4. The Kier molecular flexibility index (Phi) is 6.59. The predicted molar refractivity (Wildman–Crippen MR) is 103 cm³/mol. The third kappa shape index (κ3) is 5.31. The van der Waals surface area contributed by atoms with Crippen molar-refractivity contribution in [3.63, 3.8) is 0 Å². The summed E-state index contributed by atoms with van der Waals surface area (Å²) in [5, 5.41) is 9.53. The SMILES string of the molecule is CC(C)(C)OC(=O)N(/C=C(/C#N)C(=O)N1CCCc2ccccc21)CCN. The molecule has 2 amide bonds. The molecule has 1 aliphatic heterocycles. The molecule has 1 aliphatic rings. The molecule has 0 aliphatic carbocycles. The maximum absolute atomic E-state index is 13.0. The molecule has 0 saturated heterocycles. The van der Waals surface area contributed by atoms with Gasteiger partial charge in [0, 0.05) is 31.5 Å². The highest BCUT2D eigenvalue weighted by molar-refractivity contribution is 6.09. The minimum Gasteiger partial charge on any atom is -0.443 e. The smallest absolute Gasteiger partial charge is 0.414 e. The van der Waals surface area contributed by atoms with Gasteiger partial charge in [-0.3, -0.25) is 9.69 Å². The van der Waals surface area contributed by atoms with Gasteiger partial charge in [0.25, 0.3) is 5.91 Å². The van der Waals surface area contributed by atoms with Gasteiger partial charge in [-0.15, -0.1) is 0 Å². The van der Waals surface area contributed by atoms with E-state index in [0.717, 1.165) is 24.1 Å². The zero-order valence-corrected chi connectivity index (χ0v) is 16.1. The minimum absolute atomic E-state index is 0.133. The first kappa shape index (κ1) is 20.5. The molecule has 0 radical (unpaired) electrons. The average Bonchev–Trinajstić information content (AvgIpc) is 2.62. The van der Waals surface area contributed by atoms with Crippen LogP contribution >= 0.6 is 0 Å². The Labute approximate surface area is 160 Å². The van der Waals surface area contributed by atoms with Gasteiger partial charge in [0.15, 0.2) is 0 Å². The first-order chi connectivity index (χ1) is 12.8. The van der Waals surface area contributed by atoms with Crippen molar-refractivity contribution in [3.05, 3.63) is 41.6 Å². The average molecular weight is 370 g/mol. The summed E-state index contributed by atoms with van der Waals surface area (Å²) >= 11 is 0. The van der Waals surface area contributed by atoms with Crippen LogP contribution in [0, 0.1) is 11.3 Å². The van der Waals surface area contributed by atoms with E-state index in [9.17, 15) is 14.9 Å². The molecule has 0 atom stereocenters. The number of amides is 2. The number of nitrogens with two attached hydrogens (primary N) is 1. The molecule has 1 aromatic rings. The van der Waals surface area contributed by atoms with Crippen molar-refractivity contribution in [2.75, 3.05) is 24.5 Å². The number of ether oxygens (including phenoxy) is 1. The van der Waals surface area contributed by atoms with Crippen LogP contribution < -0.4 is 10.6 Å². The van der Waals surface area contributed by atoms with Crippen molar-refractivity contribution in [1.29, 1.82) is 5.26 Å². The molecular weight excluding hydrogens is 344 g/mol. The molecule has 144 valence electrons. The van der Waals surface area contributed by atoms with Crippen LogP contribution in [-0.2, 0) is 16.0 Å². The molecule has 0 aromatic heterocycles. The van der Waals surface area contributed by atoms with Gasteiger partial charge in [-0.2, -0.15) is 5.26 Å². The molecule has 1 aromatic carbocycles. The Bertz CT molecular complexity index is 774. The van der Waals surface area contributed by atoms with E-state index < -0.39 is 17.6 Å². The van der Waals surface area contributed by atoms with Crippen LogP contribution in [0.3, 0.4) is 0 Å². The quantitative estimate of drug-likeness (QED) is 0.648. The molecule has 0 saturated carbocycles. The third-order valence-electron chi connectivity index (χ3n) is 3.99. The summed E-state index contributed by atoms with van der Waals surface area (Å²) in [6.07, 6.45) is 2.30. The van der Waals surface area contributed by atoms with Gasteiger partial charge < -0.3 is 15.4 Å². The number of hydrogen-bond acceptors (Lipinski definition) is 5. The van der Waals surface area contributed by atoms with E-state index in [1.165, 1.54) is 11.1 Å². The van der Waals surface area contributed by atoms with Crippen molar-refractivity contribution in [3.8, 4) is 6.07 Å². The molecule has 1 heterocycles. The molecule has 0 unspecified atom stereocenters. The molecule has 0 spiro atoms. The maximum atomic E-state index is 13.0. The monoisotopic (exact) mass is 370 g/mol. The molecule has 0 bridgehead atoms. The van der Waals surface area contributed by atoms with E-state index in [2.05, 4.69) is 0 Å². The largest absolute Gasteiger partial charge is 0.443 e. The summed E-state index contributed by atoms with van der Waals surface area (Å²) in [6, 6.07) is 9.55. The number of hydrogen-bond donors (Lipinski definition) is 1. The highest BCUT2D eigenvalue weighted by Gasteiger charge is 2.27. The first-order valence-electron chi connectivity index (χ1n) is 8.98.